The molecule has 1 fully saturated rings. The van der Waals surface area contributed by atoms with Gasteiger partial charge >= 0.3 is 0 Å². The molecular formula is C20H25N3OS. The first-order valence-electron chi connectivity index (χ1n) is 8.74. The number of nitrogens with one attached hydrogen (secondary N) is 1. The van der Waals surface area contributed by atoms with E-state index in [2.05, 4.69) is 29.1 Å². The van der Waals surface area contributed by atoms with Crippen LogP contribution in [0.3, 0.4) is 0 Å². The summed E-state index contributed by atoms with van der Waals surface area (Å²) in [5.74, 6) is 0.918. The Hall–Kier alpha value is -1.98. The Morgan fingerprint density at radius 3 is 2.40 bits per heavy atom. The number of para-hydroxylation sites is 1. The lowest BCUT2D eigenvalue weighted by molar-refractivity contribution is 0.102. The molecule has 0 aliphatic carbocycles. The van der Waals surface area contributed by atoms with Gasteiger partial charge in [0.05, 0.1) is 5.69 Å². The summed E-state index contributed by atoms with van der Waals surface area (Å²) < 4.78 is 0. The van der Waals surface area contributed by atoms with Crippen molar-refractivity contribution in [3.63, 3.8) is 0 Å². The molecule has 0 spiro atoms. The van der Waals surface area contributed by atoms with E-state index in [1.807, 2.05) is 48.5 Å². The Kier molecular flexibility index (Phi) is 6.00. The summed E-state index contributed by atoms with van der Waals surface area (Å²) in [5, 5.41) is 3.04. The number of hydrogen-bond acceptors (Lipinski definition) is 4. The maximum atomic E-state index is 12.6. The van der Waals surface area contributed by atoms with Crippen LogP contribution in [0.2, 0.25) is 0 Å². The molecule has 4 nitrogen and oxygen atoms in total. The second-order valence-electron chi connectivity index (χ2n) is 6.22. The van der Waals surface area contributed by atoms with E-state index < -0.39 is 0 Å². The van der Waals surface area contributed by atoms with E-state index in [0.717, 1.165) is 42.5 Å². The lowest BCUT2D eigenvalue weighted by atomic mass is 10.1. The first-order valence-corrected chi connectivity index (χ1v) is 9.72. The average Bonchev–Trinajstić information content (AvgIpc) is 2.64. The first-order chi connectivity index (χ1) is 12.2. The third-order valence-electron chi connectivity index (χ3n) is 4.43. The third-order valence-corrected chi connectivity index (χ3v) is 5.39. The number of likely N-dealkylation sites (N-methyl/N-ethyl adjacent to an activating group) is 1. The van der Waals surface area contributed by atoms with E-state index in [4.69, 9.17) is 0 Å². The lowest BCUT2D eigenvalue weighted by Crippen LogP contribution is -2.44. The van der Waals surface area contributed by atoms with Crippen LogP contribution in [-0.4, -0.2) is 49.8 Å². The van der Waals surface area contributed by atoms with E-state index >= 15 is 0 Å². The highest BCUT2D eigenvalue weighted by atomic mass is 32.2. The van der Waals surface area contributed by atoms with Crippen LogP contribution in [0.25, 0.3) is 0 Å². The van der Waals surface area contributed by atoms with Crippen molar-refractivity contribution in [2.75, 3.05) is 49.2 Å². The highest BCUT2D eigenvalue weighted by molar-refractivity contribution is 7.99. The van der Waals surface area contributed by atoms with E-state index in [-0.39, 0.29) is 5.91 Å². The molecule has 2 aromatic carbocycles. The molecule has 132 valence electrons. The molecule has 25 heavy (non-hydrogen) atoms. The van der Waals surface area contributed by atoms with E-state index in [1.165, 1.54) is 5.69 Å². The zero-order chi connectivity index (χ0) is 17.6. The monoisotopic (exact) mass is 355 g/mol. The van der Waals surface area contributed by atoms with Crippen molar-refractivity contribution in [1.29, 1.82) is 0 Å². The minimum absolute atomic E-state index is 0.0610. The van der Waals surface area contributed by atoms with Crippen LogP contribution in [0.1, 0.15) is 17.3 Å². The van der Waals surface area contributed by atoms with Crippen molar-refractivity contribution in [3.05, 3.63) is 54.1 Å². The largest absolute Gasteiger partial charge is 0.369 e. The summed E-state index contributed by atoms with van der Waals surface area (Å²) in [6.45, 7) is 6.33. The molecule has 1 heterocycles. The minimum Gasteiger partial charge on any atom is -0.369 e. The fourth-order valence-electron chi connectivity index (χ4n) is 2.93. The zero-order valence-corrected chi connectivity index (χ0v) is 15.7. The van der Waals surface area contributed by atoms with Crippen molar-refractivity contribution in [2.24, 2.45) is 0 Å². The Morgan fingerprint density at radius 2 is 1.72 bits per heavy atom. The fraction of sp³-hybridized carbons (Fsp3) is 0.350. The van der Waals surface area contributed by atoms with Gasteiger partial charge in [0.2, 0.25) is 0 Å². The van der Waals surface area contributed by atoms with Crippen molar-refractivity contribution < 1.29 is 4.79 Å². The van der Waals surface area contributed by atoms with Crippen molar-refractivity contribution in [1.82, 2.24) is 4.90 Å². The van der Waals surface area contributed by atoms with Gasteiger partial charge in [-0.25, -0.2) is 0 Å². The molecule has 3 rings (SSSR count). The number of carbonyl (C=O) groups excluding carboxylic acids is 1. The molecule has 1 aliphatic heterocycles. The number of anilines is 2. The van der Waals surface area contributed by atoms with Gasteiger partial charge in [0.1, 0.15) is 0 Å². The quantitative estimate of drug-likeness (QED) is 0.828. The van der Waals surface area contributed by atoms with Crippen LogP contribution >= 0.6 is 11.8 Å². The molecule has 1 amide bonds. The molecule has 0 atom stereocenters. The van der Waals surface area contributed by atoms with Gasteiger partial charge in [-0.2, -0.15) is 0 Å². The molecule has 2 aromatic rings. The summed E-state index contributed by atoms with van der Waals surface area (Å²) in [4.78, 5) is 18.4. The fourth-order valence-corrected chi connectivity index (χ4v) is 3.69. The zero-order valence-electron chi connectivity index (χ0n) is 14.9. The van der Waals surface area contributed by atoms with Crippen LogP contribution in [-0.2, 0) is 0 Å². The average molecular weight is 356 g/mol. The van der Waals surface area contributed by atoms with Crippen LogP contribution in [0.4, 0.5) is 11.4 Å². The van der Waals surface area contributed by atoms with Gasteiger partial charge in [-0.05, 0) is 49.2 Å². The second-order valence-corrected chi connectivity index (χ2v) is 7.53. The van der Waals surface area contributed by atoms with Gasteiger partial charge in [0.15, 0.2) is 0 Å². The third kappa shape index (κ3) is 4.55. The predicted molar refractivity (Wildman–Crippen MR) is 107 cm³/mol. The number of thioether (sulfide) groups is 1. The highest BCUT2D eigenvalue weighted by Crippen LogP contribution is 2.27. The summed E-state index contributed by atoms with van der Waals surface area (Å²) in [6.07, 6.45) is 0. The topological polar surface area (TPSA) is 35.6 Å². The molecule has 0 bridgehead atoms. The molecule has 0 aromatic heterocycles. The molecule has 0 radical (unpaired) electrons. The number of rotatable bonds is 5. The smallest absolute Gasteiger partial charge is 0.255 e. The van der Waals surface area contributed by atoms with Gasteiger partial charge in [-0.1, -0.05) is 19.1 Å². The normalized spacial score (nSPS) is 15.2. The maximum absolute atomic E-state index is 12.6. The molecular weight excluding hydrogens is 330 g/mol. The number of benzene rings is 2. The van der Waals surface area contributed by atoms with Gasteiger partial charge in [-0.15, -0.1) is 11.8 Å². The van der Waals surface area contributed by atoms with Crippen molar-refractivity contribution in [3.8, 4) is 0 Å². The Balaban J connectivity index is 1.67. The van der Waals surface area contributed by atoms with Gasteiger partial charge in [0, 0.05) is 42.3 Å². The van der Waals surface area contributed by atoms with Gasteiger partial charge < -0.3 is 15.1 Å². The van der Waals surface area contributed by atoms with Crippen LogP contribution < -0.4 is 10.2 Å². The molecule has 1 N–H and O–H groups in total. The SMILES string of the molecule is CCSc1ccccc1NC(=O)c1ccc(N2CCN(C)CC2)cc1. The van der Waals surface area contributed by atoms with E-state index in [9.17, 15) is 4.79 Å². The van der Waals surface area contributed by atoms with E-state index in [1.54, 1.807) is 11.8 Å². The highest BCUT2D eigenvalue weighted by Gasteiger charge is 2.15. The molecule has 5 heteroatoms. The maximum Gasteiger partial charge on any atom is 0.255 e. The van der Waals surface area contributed by atoms with Gasteiger partial charge in [-0.3, -0.25) is 4.79 Å². The molecule has 1 saturated heterocycles. The second kappa shape index (κ2) is 8.41. The minimum atomic E-state index is -0.0610. The van der Waals surface area contributed by atoms with E-state index in [0.29, 0.717) is 5.56 Å². The number of amides is 1. The number of piperazine rings is 1. The number of hydrogen-bond donors (Lipinski definition) is 1. The first kappa shape index (κ1) is 17.8. The van der Waals surface area contributed by atoms with Crippen LogP contribution in [0.5, 0.6) is 0 Å². The number of nitrogens with zero attached hydrogens (tertiary/aromatic N) is 2. The molecule has 1 aliphatic rings. The summed E-state index contributed by atoms with van der Waals surface area (Å²) in [7, 11) is 2.15. The summed E-state index contributed by atoms with van der Waals surface area (Å²) in [6, 6.07) is 15.9. The Labute approximate surface area is 154 Å². The van der Waals surface area contributed by atoms with Crippen LogP contribution in [0.15, 0.2) is 53.4 Å². The number of carbonyl (C=O) groups is 1. The van der Waals surface area contributed by atoms with Crippen LogP contribution in [0, 0.1) is 0 Å². The molecule has 0 unspecified atom stereocenters. The lowest BCUT2D eigenvalue weighted by Gasteiger charge is -2.34. The van der Waals surface area contributed by atoms with Gasteiger partial charge in [0.25, 0.3) is 5.91 Å². The predicted octanol–water partition coefficient (Wildman–Crippen LogP) is 3.80. The van der Waals surface area contributed by atoms with Crippen molar-refractivity contribution in [2.45, 2.75) is 11.8 Å². The Morgan fingerprint density at radius 1 is 1.04 bits per heavy atom. The van der Waals surface area contributed by atoms with Crippen molar-refractivity contribution >= 4 is 29.0 Å². The Bertz CT molecular complexity index is 709. The summed E-state index contributed by atoms with van der Waals surface area (Å²) >= 11 is 1.74. The summed E-state index contributed by atoms with van der Waals surface area (Å²) in [5.41, 5.74) is 2.75. The standard InChI is InChI=1S/C20H25N3OS/c1-3-25-19-7-5-4-6-18(19)21-20(24)16-8-10-17(11-9-16)23-14-12-22(2)13-15-23/h4-11H,3,12-15H2,1-2H3,(H,21,24). The molecule has 0 saturated carbocycles.